The molecule has 0 unspecified atom stereocenters. The average Bonchev–Trinajstić information content (AvgIpc) is 2.28. The summed E-state index contributed by atoms with van der Waals surface area (Å²) in [6, 6.07) is 1.88. The predicted octanol–water partition coefficient (Wildman–Crippen LogP) is 1.29. The summed E-state index contributed by atoms with van der Waals surface area (Å²) in [6.07, 6.45) is -3.39. The first-order valence-corrected chi connectivity index (χ1v) is 5.86. The summed E-state index contributed by atoms with van der Waals surface area (Å²) in [5.41, 5.74) is 0. The van der Waals surface area contributed by atoms with Crippen molar-refractivity contribution in [2.24, 2.45) is 5.92 Å². The van der Waals surface area contributed by atoms with Gasteiger partial charge in [0.2, 0.25) is 5.91 Å². The molecule has 1 rings (SSSR count). The van der Waals surface area contributed by atoms with Gasteiger partial charge in [0.25, 0.3) is 0 Å². The van der Waals surface area contributed by atoms with Gasteiger partial charge < -0.3 is 5.32 Å². The third kappa shape index (κ3) is 4.92. The van der Waals surface area contributed by atoms with E-state index < -0.39 is 12.1 Å². The SMILES string of the molecule is N#CCCNC(=O)CN1CCC[C@H](C(F)(F)F)C1. The van der Waals surface area contributed by atoms with Crippen LogP contribution in [0.15, 0.2) is 0 Å². The van der Waals surface area contributed by atoms with Crippen molar-refractivity contribution in [1.29, 1.82) is 5.26 Å². The van der Waals surface area contributed by atoms with Crippen molar-refractivity contribution in [1.82, 2.24) is 10.2 Å². The van der Waals surface area contributed by atoms with Gasteiger partial charge in [-0.05, 0) is 19.4 Å². The van der Waals surface area contributed by atoms with Gasteiger partial charge >= 0.3 is 6.18 Å². The molecule has 1 aliphatic heterocycles. The number of carbonyl (C=O) groups is 1. The molecular weight excluding hydrogens is 247 g/mol. The number of piperidine rings is 1. The Hall–Kier alpha value is -1.29. The van der Waals surface area contributed by atoms with Crippen LogP contribution in [0.1, 0.15) is 19.3 Å². The number of hydrogen-bond acceptors (Lipinski definition) is 3. The third-order valence-electron chi connectivity index (χ3n) is 2.89. The van der Waals surface area contributed by atoms with E-state index in [1.54, 1.807) is 0 Å². The molecule has 0 spiro atoms. The number of hydrogen-bond donors (Lipinski definition) is 1. The molecule has 1 amide bonds. The fourth-order valence-corrected chi connectivity index (χ4v) is 1.98. The molecule has 0 aliphatic carbocycles. The summed E-state index contributed by atoms with van der Waals surface area (Å²) in [6.45, 7) is 0.608. The minimum absolute atomic E-state index is 0.0298. The Morgan fingerprint density at radius 2 is 2.22 bits per heavy atom. The summed E-state index contributed by atoms with van der Waals surface area (Å²) in [5, 5.41) is 10.8. The van der Waals surface area contributed by atoms with Crippen LogP contribution in [-0.4, -0.2) is 43.2 Å². The Kier molecular flexibility index (Phi) is 5.41. The van der Waals surface area contributed by atoms with Crippen LogP contribution in [0.25, 0.3) is 0 Å². The standard InChI is InChI=1S/C11H16F3N3O/c12-11(13,14)9-3-1-6-17(7-9)8-10(18)16-5-2-4-15/h9H,1-3,5-8H2,(H,16,18)/t9-/m0/s1. The van der Waals surface area contributed by atoms with Gasteiger partial charge in [0, 0.05) is 13.1 Å². The predicted molar refractivity (Wildman–Crippen MR) is 58.5 cm³/mol. The molecule has 0 aromatic carbocycles. The second kappa shape index (κ2) is 6.59. The van der Waals surface area contributed by atoms with Gasteiger partial charge in [0.15, 0.2) is 0 Å². The minimum Gasteiger partial charge on any atom is -0.354 e. The molecule has 1 fully saturated rings. The Morgan fingerprint density at radius 1 is 1.50 bits per heavy atom. The van der Waals surface area contributed by atoms with Gasteiger partial charge in [0.1, 0.15) is 0 Å². The van der Waals surface area contributed by atoms with Gasteiger partial charge in [-0.15, -0.1) is 0 Å². The van der Waals surface area contributed by atoms with Crippen molar-refractivity contribution in [2.75, 3.05) is 26.2 Å². The van der Waals surface area contributed by atoms with Gasteiger partial charge in [-0.1, -0.05) is 0 Å². The molecule has 1 atom stereocenters. The molecule has 0 bridgehead atoms. The minimum atomic E-state index is -4.18. The summed E-state index contributed by atoms with van der Waals surface area (Å²) >= 11 is 0. The number of nitriles is 1. The summed E-state index contributed by atoms with van der Waals surface area (Å²) < 4.78 is 37.6. The van der Waals surface area contributed by atoms with Crippen molar-refractivity contribution in [2.45, 2.75) is 25.4 Å². The fraction of sp³-hybridized carbons (Fsp3) is 0.818. The van der Waals surface area contributed by atoms with Crippen molar-refractivity contribution < 1.29 is 18.0 Å². The van der Waals surface area contributed by atoms with Crippen LogP contribution >= 0.6 is 0 Å². The maximum atomic E-state index is 12.5. The zero-order valence-corrected chi connectivity index (χ0v) is 9.96. The Labute approximate surface area is 104 Å². The fourth-order valence-electron chi connectivity index (χ4n) is 1.98. The highest BCUT2D eigenvalue weighted by Crippen LogP contribution is 2.32. The van der Waals surface area contributed by atoms with Gasteiger partial charge in [-0.3, -0.25) is 9.69 Å². The molecular formula is C11H16F3N3O. The zero-order valence-electron chi connectivity index (χ0n) is 9.96. The summed E-state index contributed by atoms with van der Waals surface area (Å²) in [7, 11) is 0. The first-order chi connectivity index (χ1) is 8.43. The van der Waals surface area contributed by atoms with E-state index in [1.807, 2.05) is 6.07 Å². The van der Waals surface area contributed by atoms with E-state index in [0.717, 1.165) is 0 Å². The van der Waals surface area contributed by atoms with Crippen molar-refractivity contribution >= 4 is 5.91 Å². The second-order valence-corrected chi connectivity index (χ2v) is 4.37. The van der Waals surface area contributed by atoms with Crippen LogP contribution in [0.3, 0.4) is 0 Å². The Morgan fingerprint density at radius 3 is 2.83 bits per heavy atom. The van der Waals surface area contributed by atoms with Gasteiger partial charge in [0.05, 0.1) is 25.0 Å². The maximum absolute atomic E-state index is 12.5. The molecule has 102 valence electrons. The van der Waals surface area contributed by atoms with Crippen molar-refractivity contribution in [3.63, 3.8) is 0 Å². The Balaban J connectivity index is 2.34. The van der Waals surface area contributed by atoms with Crippen LogP contribution in [0.5, 0.6) is 0 Å². The lowest BCUT2D eigenvalue weighted by Gasteiger charge is -2.33. The summed E-state index contributed by atoms with van der Waals surface area (Å²) in [5.74, 6) is -1.66. The molecule has 0 radical (unpaired) electrons. The van der Waals surface area contributed by atoms with Gasteiger partial charge in [-0.2, -0.15) is 18.4 Å². The van der Waals surface area contributed by atoms with Crippen LogP contribution in [-0.2, 0) is 4.79 Å². The van der Waals surface area contributed by atoms with E-state index in [9.17, 15) is 18.0 Å². The molecule has 1 aliphatic rings. The molecule has 0 aromatic rings. The number of nitrogens with one attached hydrogen (secondary N) is 1. The highest BCUT2D eigenvalue weighted by molar-refractivity contribution is 5.78. The summed E-state index contributed by atoms with van der Waals surface area (Å²) in [4.78, 5) is 12.9. The van der Waals surface area contributed by atoms with Crippen LogP contribution in [0, 0.1) is 17.2 Å². The van der Waals surface area contributed by atoms with Gasteiger partial charge in [-0.25, -0.2) is 0 Å². The third-order valence-corrected chi connectivity index (χ3v) is 2.89. The molecule has 1 heterocycles. The molecule has 7 heteroatoms. The van der Waals surface area contributed by atoms with Crippen molar-refractivity contribution in [3.8, 4) is 6.07 Å². The Bertz CT molecular complexity index is 324. The lowest BCUT2D eigenvalue weighted by molar-refractivity contribution is -0.187. The molecule has 18 heavy (non-hydrogen) atoms. The highest BCUT2D eigenvalue weighted by atomic mass is 19.4. The molecule has 1 saturated heterocycles. The first-order valence-electron chi connectivity index (χ1n) is 5.86. The van der Waals surface area contributed by atoms with E-state index in [2.05, 4.69) is 5.32 Å². The smallest absolute Gasteiger partial charge is 0.354 e. The van der Waals surface area contributed by atoms with E-state index in [-0.39, 0.29) is 38.4 Å². The monoisotopic (exact) mass is 263 g/mol. The van der Waals surface area contributed by atoms with Crippen LogP contribution in [0.2, 0.25) is 0 Å². The second-order valence-electron chi connectivity index (χ2n) is 4.37. The number of likely N-dealkylation sites (tertiary alicyclic amines) is 1. The van der Waals surface area contributed by atoms with Crippen molar-refractivity contribution in [3.05, 3.63) is 0 Å². The molecule has 0 saturated carbocycles. The number of halogens is 3. The first kappa shape index (κ1) is 14.8. The topological polar surface area (TPSA) is 56.1 Å². The number of carbonyl (C=O) groups excluding carboxylic acids is 1. The lowest BCUT2D eigenvalue weighted by Crippen LogP contribution is -2.46. The maximum Gasteiger partial charge on any atom is 0.393 e. The number of alkyl halides is 3. The molecule has 4 nitrogen and oxygen atoms in total. The number of nitrogens with zero attached hydrogens (tertiary/aromatic N) is 2. The average molecular weight is 263 g/mol. The zero-order chi connectivity index (χ0) is 13.6. The van der Waals surface area contributed by atoms with E-state index >= 15 is 0 Å². The lowest BCUT2D eigenvalue weighted by atomic mass is 9.97. The number of amides is 1. The van der Waals surface area contributed by atoms with Crippen LogP contribution in [0.4, 0.5) is 13.2 Å². The molecule has 0 aromatic heterocycles. The highest BCUT2D eigenvalue weighted by Gasteiger charge is 2.41. The number of rotatable bonds is 4. The quantitative estimate of drug-likeness (QED) is 0.778. The van der Waals surface area contributed by atoms with E-state index in [1.165, 1.54) is 4.90 Å². The van der Waals surface area contributed by atoms with E-state index in [0.29, 0.717) is 13.0 Å². The van der Waals surface area contributed by atoms with Crippen LogP contribution < -0.4 is 5.32 Å². The largest absolute Gasteiger partial charge is 0.393 e. The normalized spacial score (nSPS) is 21.3. The molecule has 1 N–H and O–H groups in total. The van der Waals surface area contributed by atoms with E-state index in [4.69, 9.17) is 5.26 Å².